The van der Waals surface area contributed by atoms with Crippen LogP contribution < -0.4 is 0 Å². The molecule has 0 N–H and O–H groups in total. The molecule has 0 spiro atoms. The molecule has 0 aromatic heterocycles. The number of benzene rings is 1. The first-order valence-electron chi connectivity index (χ1n) is 4.68. The predicted octanol–water partition coefficient (Wildman–Crippen LogP) is 2.35. The third-order valence-electron chi connectivity index (χ3n) is 2.21. The third-order valence-corrected chi connectivity index (χ3v) is 2.21. The minimum absolute atomic E-state index is 0.0385. The number of hydrogen-bond acceptors (Lipinski definition) is 2. The summed E-state index contributed by atoms with van der Waals surface area (Å²) in [6, 6.07) is 11.9. The van der Waals surface area contributed by atoms with Gasteiger partial charge in [-0.2, -0.15) is 5.26 Å². The van der Waals surface area contributed by atoms with Gasteiger partial charge in [0.1, 0.15) is 11.7 Å². The van der Waals surface area contributed by atoms with E-state index < -0.39 is 5.92 Å². The summed E-state index contributed by atoms with van der Waals surface area (Å²) in [5.74, 6) is -0.487. The average Bonchev–Trinajstić information content (AvgIpc) is 2.20. The molecule has 0 aliphatic rings. The molecule has 72 valence electrons. The van der Waals surface area contributed by atoms with Gasteiger partial charge in [-0.05, 0) is 25.3 Å². The van der Waals surface area contributed by atoms with Gasteiger partial charge in [0.25, 0.3) is 0 Å². The van der Waals surface area contributed by atoms with Crippen LogP contribution in [0, 0.1) is 17.2 Å². The summed E-state index contributed by atoms with van der Waals surface area (Å²) in [5.41, 5.74) is 1.18. The van der Waals surface area contributed by atoms with Crippen molar-refractivity contribution >= 4 is 5.78 Å². The maximum atomic E-state index is 11.0. The molecule has 0 heterocycles. The molecular formula is C12H13NO. The predicted molar refractivity (Wildman–Crippen MR) is 54.5 cm³/mol. The number of rotatable bonds is 4. The van der Waals surface area contributed by atoms with Crippen molar-refractivity contribution in [3.8, 4) is 6.07 Å². The van der Waals surface area contributed by atoms with Crippen LogP contribution in [0.5, 0.6) is 0 Å². The molecular weight excluding hydrogens is 174 g/mol. The van der Waals surface area contributed by atoms with Crippen LogP contribution in [0.25, 0.3) is 0 Å². The number of carbonyl (C=O) groups excluding carboxylic acids is 1. The summed E-state index contributed by atoms with van der Waals surface area (Å²) in [5, 5.41) is 8.70. The Morgan fingerprint density at radius 1 is 1.43 bits per heavy atom. The lowest BCUT2D eigenvalue weighted by atomic mass is 9.98. The summed E-state index contributed by atoms with van der Waals surface area (Å²) < 4.78 is 0. The summed E-state index contributed by atoms with van der Waals surface area (Å²) in [4.78, 5) is 11.0. The summed E-state index contributed by atoms with van der Waals surface area (Å²) >= 11 is 0. The standard InChI is InChI=1S/C12H13NO/c1-10(14)12(9-13)8-7-11-5-3-2-4-6-11/h2-6,12H,7-8H2,1H3. The van der Waals surface area contributed by atoms with E-state index in [9.17, 15) is 4.79 Å². The van der Waals surface area contributed by atoms with E-state index in [0.717, 1.165) is 6.42 Å². The van der Waals surface area contributed by atoms with Crippen LogP contribution in [0.3, 0.4) is 0 Å². The van der Waals surface area contributed by atoms with Gasteiger partial charge in [0.2, 0.25) is 0 Å². The van der Waals surface area contributed by atoms with E-state index in [0.29, 0.717) is 6.42 Å². The fourth-order valence-corrected chi connectivity index (χ4v) is 1.31. The van der Waals surface area contributed by atoms with E-state index >= 15 is 0 Å². The van der Waals surface area contributed by atoms with Crippen molar-refractivity contribution in [2.24, 2.45) is 5.92 Å². The Labute approximate surface area is 84.2 Å². The molecule has 1 rings (SSSR count). The molecule has 0 aliphatic carbocycles. The van der Waals surface area contributed by atoms with Gasteiger partial charge >= 0.3 is 0 Å². The number of aryl methyl sites for hydroxylation is 1. The molecule has 0 saturated heterocycles. The highest BCUT2D eigenvalue weighted by Crippen LogP contribution is 2.09. The van der Waals surface area contributed by atoms with Crippen LogP contribution >= 0.6 is 0 Å². The normalized spacial score (nSPS) is 11.7. The van der Waals surface area contributed by atoms with Crippen molar-refractivity contribution in [2.75, 3.05) is 0 Å². The van der Waals surface area contributed by atoms with Crippen molar-refractivity contribution in [1.29, 1.82) is 5.26 Å². The first-order chi connectivity index (χ1) is 6.74. The molecule has 0 aliphatic heterocycles. The topological polar surface area (TPSA) is 40.9 Å². The van der Waals surface area contributed by atoms with Crippen LogP contribution in [0.1, 0.15) is 18.9 Å². The minimum Gasteiger partial charge on any atom is -0.299 e. The fraction of sp³-hybridized carbons (Fsp3) is 0.333. The Balaban J connectivity index is 2.49. The molecule has 1 aromatic carbocycles. The molecule has 0 bridgehead atoms. The van der Waals surface area contributed by atoms with Crippen molar-refractivity contribution in [1.82, 2.24) is 0 Å². The second kappa shape index (κ2) is 5.18. The molecule has 14 heavy (non-hydrogen) atoms. The molecule has 2 nitrogen and oxygen atoms in total. The number of nitriles is 1. The smallest absolute Gasteiger partial charge is 0.146 e. The zero-order valence-corrected chi connectivity index (χ0v) is 8.23. The number of Topliss-reactive ketones (excluding diaryl/α,β-unsaturated/α-hetero) is 1. The van der Waals surface area contributed by atoms with E-state index in [4.69, 9.17) is 5.26 Å². The summed E-state index contributed by atoms with van der Waals surface area (Å²) in [6.45, 7) is 1.47. The van der Waals surface area contributed by atoms with Crippen molar-refractivity contribution in [3.05, 3.63) is 35.9 Å². The molecule has 0 amide bonds. The first kappa shape index (κ1) is 10.5. The van der Waals surface area contributed by atoms with Gasteiger partial charge < -0.3 is 0 Å². The van der Waals surface area contributed by atoms with Gasteiger partial charge in [0, 0.05) is 0 Å². The second-order valence-corrected chi connectivity index (χ2v) is 3.32. The molecule has 2 heteroatoms. The van der Waals surface area contributed by atoms with E-state index in [1.54, 1.807) is 0 Å². The van der Waals surface area contributed by atoms with Gasteiger partial charge in [-0.3, -0.25) is 4.79 Å². The van der Waals surface area contributed by atoms with Gasteiger partial charge in [0.15, 0.2) is 0 Å². The second-order valence-electron chi connectivity index (χ2n) is 3.32. The van der Waals surface area contributed by atoms with Crippen molar-refractivity contribution in [3.63, 3.8) is 0 Å². The van der Waals surface area contributed by atoms with Gasteiger partial charge in [-0.25, -0.2) is 0 Å². The van der Waals surface area contributed by atoms with Crippen LogP contribution in [0.4, 0.5) is 0 Å². The highest BCUT2D eigenvalue weighted by atomic mass is 16.1. The Morgan fingerprint density at radius 3 is 2.57 bits per heavy atom. The lowest BCUT2D eigenvalue weighted by Crippen LogP contribution is -2.09. The maximum Gasteiger partial charge on any atom is 0.146 e. The largest absolute Gasteiger partial charge is 0.299 e. The summed E-state index contributed by atoms with van der Waals surface area (Å²) in [6.07, 6.45) is 1.41. The lowest BCUT2D eigenvalue weighted by molar-refractivity contribution is -0.119. The van der Waals surface area contributed by atoms with Crippen LogP contribution in [0.15, 0.2) is 30.3 Å². The van der Waals surface area contributed by atoms with Gasteiger partial charge in [-0.15, -0.1) is 0 Å². The Hall–Kier alpha value is -1.62. The zero-order chi connectivity index (χ0) is 10.4. The summed E-state index contributed by atoms with van der Waals surface area (Å²) in [7, 11) is 0. The molecule has 1 atom stereocenters. The van der Waals surface area contributed by atoms with E-state index in [1.165, 1.54) is 12.5 Å². The van der Waals surface area contributed by atoms with E-state index in [1.807, 2.05) is 36.4 Å². The molecule has 0 radical (unpaired) electrons. The average molecular weight is 187 g/mol. The third kappa shape index (κ3) is 3.02. The van der Waals surface area contributed by atoms with Crippen LogP contribution in [-0.2, 0) is 11.2 Å². The monoisotopic (exact) mass is 187 g/mol. The number of nitrogens with zero attached hydrogens (tertiary/aromatic N) is 1. The van der Waals surface area contributed by atoms with Gasteiger partial charge in [0.05, 0.1) is 6.07 Å². The van der Waals surface area contributed by atoms with Crippen LogP contribution in [0.2, 0.25) is 0 Å². The highest BCUT2D eigenvalue weighted by molar-refractivity contribution is 5.80. The quantitative estimate of drug-likeness (QED) is 0.726. The number of hydrogen-bond donors (Lipinski definition) is 0. The molecule has 1 unspecified atom stereocenters. The van der Waals surface area contributed by atoms with E-state index in [2.05, 4.69) is 0 Å². The van der Waals surface area contributed by atoms with Crippen LogP contribution in [-0.4, -0.2) is 5.78 Å². The Bertz CT molecular complexity index is 337. The van der Waals surface area contributed by atoms with E-state index in [-0.39, 0.29) is 5.78 Å². The van der Waals surface area contributed by atoms with Crippen molar-refractivity contribution < 1.29 is 4.79 Å². The first-order valence-corrected chi connectivity index (χ1v) is 4.68. The number of carbonyl (C=O) groups is 1. The SMILES string of the molecule is CC(=O)C(C#N)CCc1ccccc1. The maximum absolute atomic E-state index is 11.0. The minimum atomic E-state index is -0.449. The Kier molecular flexibility index (Phi) is 3.87. The Morgan fingerprint density at radius 2 is 2.07 bits per heavy atom. The molecule has 1 aromatic rings. The fourth-order valence-electron chi connectivity index (χ4n) is 1.31. The lowest BCUT2D eigenvalue weighted by Gasteiger charge is -2.04. The van der Waals surface area contributed by atoms with Crippen molar-refractivity contribution in [2.45, 2.75) is 19.8 Å². The molecule has 0 saturated carbocycles. The van der Waals surface area contributed by atoms with Gasteiger partial charge in [-0.1, -0.05) is 30.3 Å². The zero-order valence-electron chi connectivity index (χ0n) is 8.23. The highest BCUT2D eigenvalue weighted by Gasteiger charge is 2.12. The number of ketones is 1. The molecule has 0 fully saturated rings.